The van der Waals surface area contributed by atoms with Gasteiger partial charge in [0.2, 0.25) is 0 Å². The summed E-state index contributed by atoms with van der Waals surface area (Å²) in [6, 6.07) is 0. The molecule has 2 rings (SSSR count). The van der Waals surface area contributed by atoms with Gasteiger partial charge in [-0.05, 0) is 13.3 Å². The number of rotatable bonds is 1. The van der Waals surface area contributed by atoms with Gasteiger partial charge in [0.25, 0.3) is 0 Å². The monoisotopic (exact) mass is 214 g/mol. The average molecular weight is 214 g/mol. The van der Waals surface area contributed by atoms with Crippen molar-refractivity contribution in [3.05, 3.63) is 22.8 Å². The fraction of sp³-hybridized carbons (Fsp3) is 0.333. The van der Waals surface area contributed by atoms with E-state index in [4.69, 9.17) is 0 Å². The minimum atomic E-state index is -0.804. The Hall–Kier alpha value is -1.10. The summed E-state index contributed by atoms with van der Waals surface area (Å²) >= 11 is 0.981. The summed E-state index contributed by atoms with van der Waals surface area (Å²) in [7, 11) is 0. The molecular weight excluding hydrogens is 206 g/mol. The maximum Gasteiger partial charge on any atom is 0.164 e. The van der Waals surface area contributed by atoms with Gasteiger partial charge in [-0.3, -0.25) is 0 Å². The zero-order chi connectivity index (χ0) is 10.3. The summed E-state index contributed by atoms with van der Waals surface area (Å²) in [4.78, 5) is 0. The van der Waals surface area contributed by atoms with Crippen molar-refractivity contribution in [2.75, 3.05) is 0 Å². The third kappa shape index (κ3) is 1.12. The lowest BCUT2D eigenvalue weighted by atomic mass is 10.1. The minimum absolute atomic E-state index is 0.239. The van der Waals surface area contributed by atoms with Gasteiger partial charge in [-0.2, -0.15) is 8.75 Å². The molecule has 2 nitrogen and oxygen atoms in total. The molecule has 74 valence electrons. The fourth-order valence-electron chi connectivity index (χ4n) is 1.46. The summed E-state index contributed by atoms with van der Waals surface area (Å²) in [6.45, 7) is 3.29. The maximum absolute atomic E-state index is 13.4. The van der Waals surface area contributed by atoms with Crippen molar-refractivity contribution >= 4 is 22.8 Å². The first-order valence-electron chi connectivity index (χ1n) is 4.25. The van der Waals surface area contributed by atoms with E-state index in [2.05, 4.69) is 8.75 Å². The van der Waals surface area contributed by atoms with Gasteiger partial charge in [0.1, 0.15) is 11.0 Å². The second-order valence-corrected chi connectivity index (χ2v) is 3.57. The molecule has 0 unspecified atom stereocenters. The van der Waals surface area contributed by atoms with Crippen molar-refractivity contribution in [1.82, 2.24) is 8.75 Å². The normalized spacial score (nSPS) is 11.1. The summed E-state index contributed by atoms with van der Waals surface area (Å²) in [5, 5.41) is 0. The van der Waals surface area contributed by atoms with E-state index in [0.29, 0.717) is 23.0 Å². The molecule has 14 heavy (non-hydrogen) atoms. The summed E-state index contributed by atoms with van der Waals surface area (Å²) < 4.78 is 34.7. The number of aryl methyl sites for hydroxylation is 2. The molecule has 1 heterocycles. The summed E-state index contributed by atoms with van der Waals surface area (Å²) in [5.74, 6) is -1.59. The summed E-state index contributed by atoms with van der Waals surface area (Å²) in [6.07, 6.45) is 0.422. The van der Waals surface area contributed by atoms with Gasteiger partial charge in [-0.1, -0.05) is 6.92 Å². The largest absolute Gasteiger partial charge is 0.203 e. The van der Waals surface area contributed by atoms with Crippen LogP contribution >= 0.6 is 11.7 Å². The smallest absolute Gasteiger partial charge is 0.164 e. The lowest BCUT2D eigenvalue weighted by molar-refractivity contribution is 0.497. The van der Waals surface area contributed by atoms with Crippen LogP contribution in [0.5, 0.6) is 0 Å². The van der Waals surface area contributed by atoms with Crippen LogP contribution in [0.2, 0.25) is 0 Å². The number of fused-ring (bicyclic) bond motifs is 1. The SMILES string of the molecule is CCc1c(F)c(F)c(C)c2nsnc12. The number of hydrogen-bond donors (Lipinski definition) is 0. The lowest BCUT2D eigenvalue weighted by Crippen LogP contribution is -1.98. The first-order valence-corrected chi connectivity index (χ1v) is 4.98. The van der Waals surface area contributed by atoms with Crippen LogP contribution in [0.25, 0.3) is 11.0 Å². The molecule has 0 fully saturated rings. The minimum Gasteiger partial charge on any atom is -0.203 e. The molecule has 0 saturated carbocycles. The zero-order valence-electron chi connectivity index (χ0n) is 7.77. The van der Waals surface area contributed by atoms with E-state index in [1.165, 1.54) is 6.92 Å². The quantitative estimate of drug-likeness (QED) is 0.729. The van der Waals surface area contributed by atoms with Crippen LogP contribution in [-0.2, 0) is 6.42 Å². The molecular formula is C9H8F2N2S. The molecule has 5 heteroatoms. The molecule has 0 aliphatic rings. The molecule has 2 aromatic rings. The van der Waals surface area contributed by atoms with E-state index in [1.54, 1.807) is 6.92 Å². The van der Waals surface area contributed by atoms with E-state index in [-0.39, 0.29) is 5.56 Å². The number of nitrogens with zero attached hydrogens (tertiary/aromatic N) is 2. The Kier molecular flexibility index (Phi) is 2.19. The molecule has 0 atom stereocenters. The van der Waals surface area contributed by atoms with Crippen molar-refractivity contribution in [2.45, 2.75) is 20.3 Å². The molecule has 0 aliphatic heterocycles. The van der Waals surface area contributed by atoms with Gasteiger partial charge < -0.3 is 0 Å². The highest BCUT2D eigenvalue weighted by Gasteiger charge is 2.18. The Labute approximate surface area is 83.9 Å². The number of aromatic nitrogens is 2. The Morgan fingerprint density at radius 3 is 2.43 bits per heavy atom. The predicted octanol–water partition coefficient (Wildman–Crippen LogP) is 2.84. The van der Waals surface area contributed by atoms with Crippen LogP contribution in [0, 0.1) is 18.6 Å². The Bertz CT molecular complexity index is 493. The van der Waals surface area contributed by atoms with E-state index in [1.807, 2.05) is 0 Å². The first kappa shape index (κ1) is 9.45. The van der Waals surface area contributed by atoms with Gasteiger partial charge in [0, 0.05) is 11.1 Å². The van der Waals surface area contributed by atoms with Crippen LogP contribution < -0.4 is 0 Å². The van der Waals surface area contributed by atoms with E-state index >= 15 is 0 Å². The average Bonchev–Trinajstić information content (AvgIpc) is 2.64. The van der Waals surface area contributed by atoms with Gasteiger partial charge in [0.15, 0.2) is 11.6 Å². The highest BCUT2D eigenvalue weighted by atomic mass is 32.1. The molecule has 0 spiro atoms. The van der Waals surface area contributed by atoms with Gasteiger partial charge in [0.05, 0.1) is 11.7 Å². The molecule has 1 aromatic carbocycles. The first-order chi connectivity index (χ1) is 6.66. The molecule has 0 radical (unpaired) electrons. The van der Waals surface area contributed by atoms with Gasteiger partial charge in [-0.15, -0.1) is 0 Å². The molecule has 0 bridgehead atoms. The third-order valence-electron chi connectivity index (χ3n) is 2.27. The maximum atomic E-state index is 13.4. The summed E-state index contributed by atoms with van der Waals surface area (Å²) in [5.41, 5.74) is 1.53. The highest BCUT2D eigenvalue weighted by molar-refractivity contribution is 7.00. The molecule has 1 aromatic heterocycles. The van der Waals surface area contributed by atoms with Gasteiger partial charge in [-0.25, -0.2) is 8.78 Å². The van der Waals surface area contributed by atoms with Crippen molar-refractivity contribution in [2.24, 2.45) is 0 Å². The highest BCUT2D eigenvalue weighted by Crippen LogP contribution is 2.26. The molecule has 0 aliphatic carbocycles. The lowest BCUT2D eigenvalue weighted by Gasteiger charge is -2.04. The van der Waals surface area contributed by atoms with Crippen molar-refractivity contribution in [3.63, 3.8) is 0 Å². The second-order valence-electron chi connectivity index (χ2n) is 3.05. The fourth-order valence-corrected chi connectivity index (χ4v) is 2.08. The Balaban J connectivity index is 2.95. The topological polar surface area (TPSA) is 25.8 Å². The van der Waals surface area contributed by atoms with E-state index in [9.17, 15) is 8.78 Å². The molecule has 0 N–H and O–H groups in total. The van der Waals surface area contributed by atoms with Crippen molar-refractivity contribution < 1.29 is 8.78 Å². The number of halogens is 2. The second kappa shape index (κ2) is 3.24. The third-order valence-corrected chi connectivity index (χ3v) is 2.80. The van der Waals surface area contributed by atoms with Crippen LogP contribution in [0.15, 0.2) is 0 Å². The molecule has 0 saturated heterocycles. The van der Waals surface area contributed by atoms with Crippen LogP contribution in [0.4, 0.5) is 8.78 Å². The van der Waals surface area contributed by atoms with Crippen LogP contribution in [-0.4, -0.2) is 8.75 Å². The van der Waals surface area contributed by atoms with Crippen LogP contribution in [0.3, 0.4) is 0 Å². The predicted molar refractivity (Wildman–Crippen MR) is 51.4 cm³/mol. The molecule has 0 amide bonds. The van der Waals surface area contributed by atoms with E-state index < -0.39 is 11.6 Å². The van der Waals surface area contributed by atoms with Crippen molar-refractivity contribution in [1.29, 1.82) is 0 Å². The Morgan fingerprint density at radius 2 is 1.79 bits per heavy atom. The zero-order valence-corrected chi connectivity index (χ0v) is 8.58. The van der Waals surface area contributed by atoms with Gasteiger partial charge >= 0.3 is 0 Å². The number of hydrogen-bond acceptors (Lipinski definition) is 3. The number of benzene rings is 1. The van der Waals surface area contributed by atoms with E-state index in [0.717, 1.165) is 11.7 Å². The van der Waals surface area contributed by atoms with Crippen LogP contribution in [0.1, 0.15) is 18.1 Å². The van der Waals surface area contributed by atoms with Crippen molar-refractivity contribution in [3.8, 4) is 0 Å². The standard InChI is InChI=1S/C9H8F2N2S/c1-3-5-7(11)6(10)4(2)8-9(5)13-14-12-8/h3H2,1-2H3. The Morgan fingerprint density at radius 1 is 1.14 bits per heavy atom.